The Kier molecular flexibility index (Phi) is 4.19. The summed E-state index contributed by atoms with van der Waals surface area (Å²) in [4.78, 5) is 26.0. The molecule has 2 atom stereocenters. The van der Waals surface area contributed by atoms with Crippen LogP contribution in [-0.4, -0.2) is 34.0 Å². The standard InChI is InChI=1S/C13H19N3O3/c1-3-5-10-13(18)16(8-9-6-7-14-19-9)11(4-2)12(17)15-10/h6-7,10-11H,3-5,8H2,1-2H3,(H,15,17). The molecular weight excluding hydrogens is 246 g/mol. The van der Waals surface area contributed by atoms with Gasteiger partial charge in [0, 0.05) is 6.07 Å². The van der Waals surface area contributed by atoms with Crippen molar-refractivity contribution in [1.29, 1.82) is 0 Å². The van der Waals surface area contributed by atoms with Crippen LogP contribution in [0.5, 0.6) is 0 Å². The number of nitrogens with zero attached hydrogens (tertiary/aromatic N) is 2. The molecule has 19 heavy (non-hydrogen) atoms. The van der Waals surface area contributed by atoms with E-state index in [0.717, 1.165) is 6.42 Å². The van der Waals surface area contributed by atoms with E-state index in [9.17, 15) is 9.59 Å². The number of aromatic nitrogens is 1. The van der Waals surface area contributed by atoms with Crippen molar-refractivity contribution >= 4 is 11.8 Å². The lowest BCUT2D eigenvalue weighted by Crippen LogP contribution is -2.62. The molecule has 2 heterocycles. The summed E-state index contributed by atoms with van der Waals surface area (Å²) in [5.41, 5.74) is 0. The normalized spacial score (nSPS) is 23.6. The predicted octanol–water partition coefficient (Wildman–Crippen LogP) is 1.08. The summed E-state index contributed by atoms with van der Waals surface area (Å²) in [6, 6.07) is 0.871. The number of hydrogen-bond acceptors (Lipinski definition) is 4. The molecular formula is C13H19N3O3. The van der Waals surface area contributed by atoms with Crippen molar-refractivity contribution in [2.75, 3.05) is 0 Å². The Hall–Kier alpha value is -1.85. The first kappa shape index (κ1) is 13.6. The number of nitrogens with one attached hydrogen (secondary N) is 1. The van der Waals surface area contributed by atoms with Crippen molar-refractivity contribution in [2.45, 2.75) is 51.7 Å². The van der Waals surface area contributed by atoms with Gasteiger partial charge in [0.2, 0.25) is 11.8 Å². The smallest absolute Gasteiger partial charge is 0.246 e. The SMILES string of the molecule is CCCC1NC(=O)C(CC)N(Cc2ccno2)C1=O. The molecule has 6 heteroatoms. The molecule has 0 aliphatic carbocycles. The van der Waals surface area contributed by atoms with Crippen LogP contribution in [0.25, 0.3) is 0 Å². The van der Waals surface area contributed by atoms with E-state index in [2.05, 4.69) is 10.5 Å². The summed E-state index contributed by atoms with van der Waals surface area (Å²) in [5, 5.41) is 6.43. The fourth-order valence-corrected chi connectivity index (χ4v) is 2.39. The molecule has 2 unspecified atom stereocenters. The lowest BCUT2D eigenvalue weighted by Gasteiger charge is -2.38. The van der Waals surface area contributed by atoms with E-state index in [4.69, 9.17) is 4.52 Å². The van der Waals surface area contributed by atoms with E-state index in [-0.39, 0.29) is 11.8 Å². The maximum Gasteiger partial charge on any atom is 0.246 e. The minimum Gasteiger partial charge on any atom is -0.360 e. The van der Waals surface area contributed by atoms with E-state index < -0.39 is 12.1 Å². The molecule has 6 nitrogen and oxygen atoms in total. The van der Waals surface area contributed by atoms with E-state index in [0.29, 0.717) is 25.1 Å². The minimum atomic E-state index is -0.425. The summed E-state index contributed by atoms with van der Waals surface area (Å²) in [6.45, 7) is 4.18. The van der Waals surface area contributed by atoms with Gasteiger partial charge >= 0.3 is 0 Å². The zero-order valence-corrected chi connectivity index (χ0v) is 11.3. The van der Waals surface area contributed by atoms with Gasteiger partial charge in [0.05, 0.1) is 12.7 Å². The Bertz CT molecular complexity index is 444. The Morgan fingerprint density at radius 1 is 1.42 bits per heavy atom. The monoisotopic (exact) mass is 265 g/mol. The van der Waals surface area contributed by atoms with Gasteiger partial charge < -0.3 is 14.7 Å². The van der Waals surface area contributed by atoms with Gasteiger partial charge in [-0.3, -0.25) is 9.59 Å². The summed E-state index contributed by atoms with van der Waals surface area (Å²) in [5.74, 6) is 0.474. The van der Waals surface area contributed by atoms with Gasteiger partial charge in [-0.15, -0.1) is 0 Å². The zero-order chi connectivity index (χ0) is 13.8. The average Bonchev–Trinajstić information content (AvgIpc) is 2.89. The number of piperazine rings is 1. The molecule has 2 rings (SSSR count). The number of hydrogen-bond donors (Lipinski definition) is 1. The first-order valence-electron chi connectivity index (χ1n) is 6.67. The molecule has 0 spiro atoms. The molecule has 1 aliphatic heterocycles. The molecule has 1 saturated heterocycles. The fourth-order valence-electron chi connectivity index (χ4n) is 2.39. The molecule has 1 aromatic heterocycles. The third-order valence-electron chi connectivity index (χ3n) is 3.36. The number of amides is 2. The Morgan fingerprint density at radius 3 is 2.79 bits per heavy atom. The van der Waals surface area contributed by atoms with Crippen LogP contribution in [-0.2, 0) is 16.1 Å². The Labute approximate surface area is 112 Å². The van der Waals surface area contributed by atoms with E-state index in [1.54, 1.807) is 11.0 Å². The number of carbonyl (C=O) groups is 2. The van der Waals surface area contributed by atoms with Crippen molar-refractivity contribution in [1.82, 2.24) is 15.4 Å². The van der Waals surface area contributed by atoms with Crippen molar-refractivity contribution < 1.29 is 14.1 Å². The topological polar surface area (TPSA) is 75.4 Å². The highest BCUT2D eigenvalue weighted by atomic mass is 16.5. The van der Waals surface area contributed by atoms with E-state index in [1.165, 1.54) is 6.20 Å². The van der Waals surface area contributed by atoms with E-state index >= 15 is 0 Å². The summed E-state index contributed by atoms with van der Waals surface area (Å²) < 4.78 is 5.03. The maximum absolute atomic E-state index is 12.4. The predicted molar refractivity (Wildman–Crippen MR) is 68.0 cm³/mol. The van der Waals surface area contributed by atoms with Crippen LogP contribution >= 0.6 is 0 Å². The van der Waals surface area contributed by atoms with Crippen LogP contribution in [0, 0.1) is 0 Å². The molecule has 0 bridgehead atoms. The first-order chi connectivity index (χ1) is 9.17. The van der Waals surface area contributed by atoms with Crippen molar-refractivity contribution in [3.05, 3.63) is 18.0 Å². The lowest BCUT2D eigenvalue weighted by atomic mass is 10.0. The highest BCUT2D eigenvalue weighted by molar-refractivity contribution is 5.96. The minimum absolute atomic E-state index is 0.0373. The van der Waals surface area contributed by atoms with Crippen molar-refractivity contribution in [3.8, 4) is 0 Å². The molecule has 1 aromatic rings. The molecule has 1 fully saturated rings. The van der Waals surface area contributed by atoms with Crippen LogP contribution in [0.2, 0.25) is 0 Å². The second-order valence-corrected chi connectivity index (χ2v) is 4.72. The van der Waals surface area contributed by atoms with Crippen LogP contribution < -0.4 is 5.32 Å². The van der Waals surface area contributed by atoms with Gasteiger partial charge in [0.1, 0.15) is 12.1 Å². The quantitative estimate of drug-likeness (QED) is 0.864. The highest BCUT2D eigenvalue weighted by Gasteiger charge is 2.39. The van der Waals surface area contributed by atoms with Crippen molar-refractivity contribution in [3.63, 3.8) is 0 Å². The molecule has 0 radical (unpaired) electrons. The number of carbonyl (C=O) groups excluding carboxylic acids is 2. The zero-order valence-electron chi connectivity index (χ0n) is 11.3. The van der Waals surface area contributed by atoms with Crippen LogP contribution in [0.4, 0.5) is 0 Å². The van der Waals surface area contributed by atoms with Gasteiger partial charge in [0.25, 0.3) is 0 Å². The van der Waals surface area contributed by atoms with Crippen LogP contribution in [0.15, 0.2) is 16.8 Å². The molecule has 1 aliphatic rings. The molecule has 104 valence electrons. The van der Waals surface area contributed by atoms with Gasteiger partial charge in [-0.05, 0) is 12.8 Å². The fraction of sp³-hybridized carbons (Fsp3) is 0.615. The third-order valence-corrected chi connectivity index (χ3v) is 3.36. The Balaban J connectivity index is 2.18. The third kappa shape index (κ3) is 2.77. The second kappa shape index (κ2) is 5.86. The van der Waals surface area contributed by atoms with Gasteiger partial charge in [-0.25, -0.2) is 0 Å². The Morgan fingerprint density at radius 2 is 2.21 bits per heavy atom. The summed E-state index contributed by atoms with van der Waals surface area (Å²) in [7, 11) is 0. The summed E-state index contributed by atoms with van der Waals surface area (Å²) >= 11 is 0. The number of rotatable bonds is 5. The van der Waals surface area contributed by atoms with Crippen LogP contribution in [0.3, 0.4) is 0 Å². The molecule has 0 aromatic carbocycles. The van der Waals surface area contributed by atoms with Gasteiger partial charge in [-0.1, -0.05) is 25.4 Å². The molecule has 2 amide bonds. The molecule has 0 saturated carbocycles. The highest BCUT2D eigenvalue weighted by Crippen LogP contribution is 2.18. The molecule has 1 N–H and O–H groups in total. The van der Waals surface area contributed by atoms with Gasteiger partial charge in [0.15, 0.2) is 5.76 Å². The average molecular weight is 265 g/mol. The summed E-state index contributed by atoms with van der Waals surface area (Å²) in [6.07, 6.45) is 3.64. The largest absolute Gasteiger partial charge is 0.360 e. The van der Waals surface area contributed by atoms with Gasteiger partial charge in [-0.2, -0.15) is 0 Å². The first-order valence-corrected chi connectivity index (χ1v) is 6.67. The van der Waals surface area contributed by atoms with Crippen LogP contribution in [0.1, 0.15) is 38.9 Å². The maximum atomic E-state index is 12.4. The second-order valence-electron chi connectivity index (χ2n) is 4.72. The van der Waals surface area contributed by atoms with E-state index in [1.807, 2.05) is 13.8 Å². The lowest BCUT2D eigenvalue weighted by molar-refractivity contribution is -0.150. The van der Waals surface area contributed by atoms with Crippen molar-refractivity contribution in [2.24, 2.45) is 0 Å².